The van der Waals surface area contributed by atoms with Crippen molar-refractivity contribution in [2.45, 2.75) is 0 Å². The summed E-state index contributed by atoms with van der Waals surface area (Å²) in [5.74, 6) is 0. The number of benzene rings is 7. The molecule has 0 spiro atoms. The average molecular weight is 585 g/mol. The highest BCUT2D eigenvalue weighted by molar-refractivity contribution is 6.25. The summed E-state index contributed by atoms with van der Waals surface area (Å²) in [5.41, 5.74) is 8.94. The Morgan fingerprint density at radius 3 is 1.46 bits per heavy atom. The minimum atomic E-state index is 0.921. The third-order valence-electron chi connectivity index (χ3n) is 9.16. The van der Waals surface area contributed by atoms with Crippen LogP contribution in [0.2, 0.25) is 0 Å². The van der Waals surface area contributed by atoms with Gasteiger partial charge in [-0.15, -0.1) is 0 Å². The van der Waals surface area contributed by atoms with E-state index in [9.17, 15) is 0 Å². The lowest BCUT2D eigenvalue weighted by Gasteiger charge is -2.20. The second-order valence-corrected chi connectivity index (χ2v) is 11.8. The van der Waals surface area contributed by atoms with Crippen molar-refractivity contribution in [3.05, 3.63) is 170 Å². The summed E-state index contributed by atoms with van der Waals surface area (Å²) in [5, 5.41) is 9.91. The zero-order valence-corrected chi connectivity index (χ0v) is 25.1. The molecule has 9 rings (SSSR count). The van der Waals surface area contributed by atoms with E-state index >= 15 is 0 Å². The van der Waals surface area contributed by atoms with Gasteiger partial charge in [-0.25, -0.2) is 0 Å². The lowest BCUT2D eigenvalue weighted by molar-refractivity contribution is 1.28. The average Bonchev–Trinajstić information content (AvgIpc) is 3.14. The van der Waals surface area contributed by atoms with Gasteiger partial charge in [0.1, 0.15) is 0 Å². The normalized spacial score (nSPS) is 11.5. The van der Waals surface area contributed by atoms with Crippen LogP contribution in [0.3, 0.4) is 0 Å². The van der Waals surface area contributed by atoms with E-state index in [4.69, 9.17) is 4.98 Å². The fraction of sp³-hybridized carbons (Fsp3) is 0. The number of pyridine rings is 2. The van der Waals surface area contributed by atoms with Crippen LogP contribution in [0.5, 0.6) is 0 Å². The quantitative estimate of drug-likeness (QED) is 0.192. The van der Waals surface area contributed by atoms with Crippen molar-refractivity contribution in [1.82, 2.24) is 9.97 Å². The predicted molar refractivity (Wildman–Crippen MR) is 194 cm³/mol. The molecule has 0 aliphatic carbocycles. The number of hydrogen-bond acceptors (Lipinski definition) is 2. The van der Waals surface area contributed by atoms with E-state index < -0.39 is 0 Å². The maximum Gasteiger partial charge on any atom is 0.0717 e. The predicted octanol–water partition coefficient (Wildman–Crippen LogP) is 11.8. The zero-order chi connectivity index (χ0) is 30.5. The van der Waals surface area contributed by atoms with Gasteiger partial charge in [0.05, 0.1) is 11.4 Å². The van der Waals surface area contributed by atoms with E-state index in [0.717, 1.165) is 22.5 Å². The Labute approximate surface area is 267 Å². The molecule has 2 heterocycles. The SMILES string of the molecule is c1ccc(-c2ccc(-c3ccc4c(-c5cccc6ccccc56)c5ccccc5c(-c5cccc6ccccc56)c4c3)nc2)nc1. The molecule has 0 radical (unpaired) electrons. The number of fused-ring (bicyclic) bond motifs is 4. The van der Waals surface area contributed by atoms with E-state index in [-0.39, 0.29) is 0 Å². The van der Waals surface area contributed by atoms with E-state index in [1.165, 1.54) is 65.3 Å². The fourth-order valence-corrected chi connectivity index (χ4v) is 7.05. The molecule has 0 saturated heterocycles. The van der Waals surface area contributed by atoms with Crippen LogP contribution in [0.25, 0.3) is 87.9 Å². The molecule has 0 fully saturated rings. The molecule has 0 saturated carbocycles. The Balaban J connectivity index is 1.38. The van der Waals surface area contributed by atoms with Crippen LogP contribution < -0.4 is 0 Å². The molecule has 0 aliphatic rings. The molecule has 0 amide bonds. The molecule has 2 aromatic heterocycles. The van der Waals surface area contributed by atoms with E-state index in [1.807, 2.05) is 30.6 Å². The number of nitrogens with zero attached hydrogens (tertiary/aromatic N) is 2. The first-order valence-electron chi connectivity index (χ1n) is 15.7. The minimum Gasteiger partial charge on any atom is -0.256 e. The van der Waals surface area contributed by atoms with Crippen LogP contribution in [-0.2, 0) is 0 Å². The van der Waals surface area contributed by atoms with Crippen LogP contribution in [0, 0.1) is 0 Å². The highest BCUT2D eigenvalue weighted by Crippen LogP contribution is 2.47. The molecular formula is C44H28N2. The first-order valence-corrected chi connectivity index (χ1v) is 15.7. The second kappa shape index (κ2) is 10.8. The van der Waals surface area contributed by atoms with Crippen molar-refractivity contribution in [3.63, 3.8) is 0 Å². The van der Waals surface area contributed by atoms with Gasteiger partial charge in [-0.2, -0.15) is 0 Å². The van der Waals surface area contributed by atoms with Crippen LogP contribution in [0.1, 0.15) is 0 Å². The smallest absolute Gasteiger partial charge is 0.0717 e. The highest BCUT2D eigenvalue weighted by Gasteiger charge is 2.20. The van der Waals surface area contributed by atoms with Crippen LogP contribution in [0.15, 0.2) is 170 Å². The molecule has 0 aliphatic heterocycles. The zero-order valence-electron chi connectivity index (χ0n) is 25.1. The third-order valence-corrected chi connectivity index (χ3v) is 9.16. The lowest BCUT2D eigenvalue weighted by Crippen LogP contribution is -1.93. The van der Waals surface area contributed by atoms with Gasteiger partial charge in [0.15, 0.2) is 0 Å². The Morgan fingerprint density at radius 1 is 0.326 bits per heavy atom. The van der Waals surface area contributed by atoms with Gasteiger partial charge >= 0.3 is 0 Å². The van der Waals surface area contributed by atoms with Crippen molar-refractivity contribution in [3.8, 4) is 44.8 Å². The fourth-order valence-electron chi connectivity index (χ4n) is 7.05. The number of aromatic nitrogens is 2. The van der Waals surface area contributed by atoms with Crippen LogP contribution in [0.4, 0.5) is 0 Å². The molecule has 2 heteroatoms. The lowest BCUT2D eigenvalue weighted by atomic mass is 9.83. The summed E-state index contributed by atoms with van der Waals surface area (Å²) in [6.07, 6.45) is 3.74. The highest BCUT2D eigenvalue weighted by atomic mass is 14.7. The summed E-state index contributed by atoms with van der Waals surface area (Å²) < 4.78 is 0. The summed E-state index contributed by atoms with van der Waals surface area (Å²) >= 11 is 0. The van der Waals surface area contributed by atoms with Crippen molar-refractivity contribution in [2.75, 3.05) is 0 Å². The van der Waals surface area contributed by atoms with Crippen LogP contribution >= 0.6 is 0 Å². The Morgan fingerprint density at radius 2 is 0.848 bits per heavy atom. The molecule has 46 heavy (non-hydrogen) atoms. The topological polar surface area (TPSA) is 25.8 Å². The molecule has 0 atom stereocenters. The maximum atomic E-state index is 4.93. The molecule has 0 N–H and O–H groups in total. The second-order valence-electron chi connectivity index (χ2n) is 11.8. The number of rotatable bonds is 4. The van der Waals surface area contributed by atoms with Gasteiger partial charge in [0.2, 0.25) is 0 Å². The maximum absolute atomic E-state index is 4.93. The Hall–Kier alpha value is -6.12. The van der Waals surface area contributed by atoms with Gasteiger partial charge in [-0.05, 0) is 95.7 Å². The van der Waals surface area contributed by atoms with Gasteiger partial charge in [0.25, 0.3) is 0 Å². The van der Waals surface area contributed by atoms with E-state index in [1.54, 1.807) is 0 Å². The molecule has 9 aromatic rings. The summed E-state index contributed by atoms with van der Waals surface area (Å²) in [6.45, 7) is 0. The van der Waals surface area contributed by atoms with Gasteiger partial charge in [0, 0.05) is 23.5 Å². The summed E-state index contributed by atoms with van der Waals surface area (Å²) in [4.78, 5) is 9.44. The first kappa shape index (κ1) is 26.3. The summed E-state index contributed by atoms with van der Waals surface area (Å²) in [6, 6.07) is 56.6. The van der Waals surface area contributed by atoms with Gasteiger partial charge < -0.3 is 0 Å². The van der Waals surface area contributed by atoms with Crippen molar-refractivity contribution < 1.29 is 0 Å². The molecule has 0 bridgehead atoms. The largest absolute Gasteiger partial charge is 0.256 e. The first-order chi connectivity index (χ1) is 22.8. The molecule has 0 unspecified atom stereocenters. The molecule has 214 valence electrons. The molecule has 7 aromatic carbocycles. The Bertz CT molecular complexity index is 2560. The molecule has 2 nitrogen and oxygen atoms in total. The van der Waals surface area contributed by atoms with E-state index in [0.29, 0.717) is 0 Å². The molecular weight excluding hydrogens is 556 g/mol. The standard InChI is InChI=1S/C44H28N2/c1-3-15-33-29(11-1)13-9-19-35(33)43-37-17-5-6-18-38(37)44(36-20-10-14-30-12-2-4-16-34(30)36)40-27-31(22-24-39(40)43)42-25-23-32(28-46-42)41-21-7-8-26-45-41/h1-28H. The third kappa shape index (κ3) is 4.27. The van der Waals surface area contributed by atoms with Gasteiger partial charge in [-0.1, -0.05) is 127 Å². The van der Waals surface area contributed by atoms with Crippen molar-refractivity contribution in [2.24, 2.45) is 0 Å². The summed E-state index contributed by atoms with van der Waals surface area (Å²) in [7, 11) is 0. The van der Waals surface area contributed by atoms with Gasteiger partial charge in [-0.3, -0.25) is 9.97 Å². The van der Waals surface area contributed by atoms with E-state index in [2.05, 4.69) is 145 Å². The van der Waals surface area contributed by atoms with Crippen LogP contribution in [-0.4, -0.2) is 9.97 Å². The van der Waals surface area contributed by atoms with Crippen molar-refractivity contribution >= 4 is 43.1 Å². The minimum absolute atomic E-state index is 0.921. The number of hydrogen-bond donors (Lipinski definition) is 0. The Kier molecular flexibility index (Phi) is 6.17. The van der Waals surface area contributed by atoms with Crippen molar-refractivity contribution in [1.29, 1.82) is 0 Å². The monoisotopic (exact) mass is 584 g/mol.